The number of rotatable bonds is 7. The molecule has 0 radical (unpaired) electrons. The second-order valence-electron chi connectivity index (χ2n) is 7.62. The Kier molecular flexibility index (Phi) is 6.95. The number of aliphatic hydroxyl groups excluding tert-OH is 1. The number of quaternary nitrogens is 1. The van der Waals surface area contributed by atoms with E-state index in [-0.39, 0.29) is 11.3 Å². The summed E-state index contributed by atoms with van der Waals surface area (Å²) in [5.74, 6) is -1.39. The Morgan fingerprint density at radius 3 is 2.20 bits per heavy atom. The fraction of sp³-hybridized carbons (Fsp3) is 0.333. The summed E-state index contributed by atoms with van der Waals surface area (Å²) in [6.07, 6.45) is 0. The molecule has 1 amide bonds. The molecule has 1 saturated heterocycles. The Labute approximate surface area is 182 Å². The molecule has 1 heterocycles. The zero-order valence-corrected chi connectivity index (χ0v) is 18.4. The van der Waals surface area contributed by atoms with Gasteiger partial charge in [0.2, 0.25) is 0 Å². The van der Waals surface area contributed by atoms with Crippen LogP contribution in [0.1, 0.15) is 36.6 Å². The van der Waals surface area contributed by atoms with Gasteiger partial charge in [0.25, 0.3) is 11.7 Å². The number of likely N-dealkylation sites (tertiary alicyclic amines) is 1. The van der Waals surface area contributed by atoms with E-state index in [1.807, 2.05) is 31.2 Å². The van der Waals surface area contributed by atoms with Crippen LogP contribution >= 0.6 is 11.6 Å². The van der Waals surface area contributed by atoms with Crippen molar-refractivity contribution in [2.45, 2.75) is 26.8 Å². The van der Waals surface area contributed by atoms with Gasteiger partial charge >= 0.3 is 0 Å². The zero-order valence-electron chi connectivity index (χ0n) is 17.6. The summed E-state index contributed by atoms with van der Waals surface area (Å²) in [5, 5.41) is 11.5. The first-order chi connectivity index (χ1) is 14.4. The molecule has 3 rings (SSSR count). The number of Topliss-reactive ketones (excluding diaryl/α,β-unsaturated/α-hetero) is 1. The van der Waals surface area contributed by atoms with E-state index < -0.39 is 17.7 Å². The Bertz CT molecular complexity index is 947. The zero-order chi connectivity index (χ0) is 21.8. The van der Waals surface area contributed by atoms with Gasteiger partial charge in [0, 0.05) is 10.6 Å². The maximum atomic E-state index is 13.0. The number of halogens is 1. The summed E-state index contributed by atoms with van der Waals surface area (Å²) in [4.78, 5) is 28.9. The molecule has 0 saturated carbocycles. The monoisotopic (exact) mass is 427 g/mol. The highest BCUT2D eigenvalue weighted by Gasteiger charge is 2.46. The normalized spacial score (nSPS) is 18.4. The molecule has 30 heavy (non-hydrogen) atoms. The molecule has 2 aromatic rings. The standard InChI is InChI=1S/C24H27ClN2O3/c1-4-26(5-2)14-15-27-21(17-8-6-16(3)7-9-17)20(23(29)24(27)30)22(28)18-10-12-19(25)13-11-18/h6-13,21,28H,4-5,14-15H2,1-3H3/p+1/t21-/m0/s1. The maximum Gasteiger partial charge on any atom is 0.295 e. The van der Waals surface area contributed by atoms with Crippen molar-refractivity contribution in [1.29, 1.82) is 0 Å². The lowest BCUT2D eigenvalue weighted by atomic mass is 9.95. The molecule has 158 valence electrons. The number of likely N-dealkylation sites (N-methyl/N-ethyl adjacent to an activating group) is 1. The molecule has 1 atom stereocenters. The minimum absolute atomic E-state index is 0.126. The second kappa shape index (κ2) is 9.45. The molecule has 6 heteroatoms. The van der Waals surface area contributed by atoms with E-state index in [1.165, 1.54) is 4.90 Å². The highest BCUT2D eigenvalue weighted by atomic mass is 35.5. The van der Waals surface area contributed by atoms with Crippen LogP contribution in [0, 0.1) is 6.92 Å². The van der Waals surface area contributed by atoms with E-state index in [0.29, 0.717) is 17.1 Å². The average molecular weight is 428 g/mol. The number of aliphatic hydroxyl groups is 1. The third kappa shape index (κ3) is 4.42. The Hall–Kier alpha value is -2.63. The Balaban J connectivity index is 2.08. The fourth-order valence-electron chi connectivity index (χ4n) is 3.85. The number of aryl methyl sites for hydroxylation is 1. The number of benzene rings is 2. The van der Waals surface area contributed by atoms with Crippen molar-refractivity contribution in [3.8, 4) is 0 Å². The summed E-state index contributed by atoms with van der Waals surface area (Å²) >= 11 is 5.96. The Morgan fingerprint density at radius 2 is 1.63 bits per heavy atom. The molecule has 0 aromatic heterocycles. The number of hydrogen-bond donors (Lipinski definition) is 2. The largest absolute Gasteiger partial charge is 0.507 e. The van der Waals surface area contributed by atoms with Gasteiger partial charge in [-0.05, 0) is 50.6 Å². The molecule has 2 aromatic carbocycles. The minimum Gasteiger partial charge on any atom is -0.507 e. The summed E-state index contributed by atoms with van der Waals surface area (Å²) in [6.45, 7) is 9.26. The fourth-order valence-corrected chi connectivity index (χ4v) is 3.98. The minimum atomic E-state index is -0.650. The van der Waals surface area contributed by atoms with E-state index in [0.717, 1.165) is 30.8 Å². The first-order valence-electron chi connectivity index (χ1n) is 10.3. The molecule has 5 nitrogen and oxygen atoms in total. The molecule has 1 aliphatic heterocycles. The molecule has 0 spiro atoms. The third-order valence-electron chi connectivity index (χ3n) is 5.76. The molecule has 2 N–H and O–H groups in total. The van der Waals surface area contributed by atoms with E-state index in [2.05, 4.69) is 13.8 Å². The first kappa shape index (κ1) is 22.1. The maximum absolute atomic E-state index is 13.0. The molecule has 0 aliphatic carbocycles. The quantitative estimate of drug-likeness (QED) is 0.405. The van der Waals surface area contributed by atoms with Gasteiger partial charge in [-0.25, -0.2) is 0 Å². The highest BCUT2D eigenvalue weighted by Crippen LogP contribution is 2.39. The van der Waals surface area contributed by atoms with Crippen LogP contribution in [0.5, 0.6) is 0 Å². The van der Waals surface area contributed by atoms with Crippen molar-refractivity contribution in [2.75, 3.05) is 26.2 Å². The lowest BCUT2D eigenvalue weighted by Crippen LogP contribution is -3.12. The van der Waals surface area contributed by atoms with Gasteiger partial charge in [-0.1, -0.05) is 41.4 Å². The lowest BCUT2D eigenvalue weighted by Gasteiger charge is -2.27. The topological polar surface area (TPSA) is 62.0 Å². The molecular formula is C24H28ClN2O3+. The van der Waals surface area contributed by atoms with Gasteiger partial charge < -0.3 is 14.9 Å². The molecule has 1 fully saturated rings. The van der Waals surface area contributed by atoms with Crippen molar-refractivity contribution in [1.82, 2.24) is 4.90 Å². The van der Waals surface area contributed by atoms with E-state index in [1.54, 1.807) is 29.2 Å². The van der Waals surface area contributed by atoms with Crippen molar-refractivity contribution in [3.05, 3.63) is 75.8 Å². The van der Waals surface area contributed by atoms with Crippen molar-refractivity contribution >= 4 is 29.1 Å². The van der Waals surface area contributed by atoms with Crippen LogP contribution in [0.4, 0.5) is 0 Å². The van der Waals surface area contributed by atoms with Crippen LogP contribution in [0.15, 0.2) is 54.1 Å². The average Bonchev–Trinajstić information content (AvgIpc) is 3.00. The van der Waals surface area contributed by atoms with Gasteiger partial charge in [-0.2, -0.15) is 0 Å². The van der Waals surface area contributed by atoms with Crippen LogP contribution in [0.2, 0.25) is 5.02 Å². The number of hydrogen-bond acceptors (Lipinski definition) is 3. The van der Waals surface area contributed by atoms with Gasteiger partial charge in [0.05, 0.1) is 37.8 Å². The molecular weight excluding hydrogens is 400 g/mol. The van der Waals surface area contributed by atoms with Crippen LogP contribution in [-0.4, -0.2) is 47.9 Å². The van der Waals surface area contributed by atoms with Crippen molar-refractivity contribution < 1.29 is 19.6 Å². The Morgan fingerprint density at radius 1 is 1.03 bits per heavy atom. The number of ketones is 1. The molecule has 0 unspecified atom stereocenters. The van der Waals surface area contributed by atoms with E-state index in [9.17, 15) is 14.7 Å². The van der Waals surface area contributed by atoms with Gasteiger partial charge in [-0.15, -0.1) is 0 Å². The van der Waals surface area contributed by atoms with E-state index >= 15 is 0 Å². The summed E-state index contributed by atoms with van der Waals surface area (Å²) in [5.41, 5.74) is 2.48. The SMILES string of the molecule is CC[NH+](CC)CCN1C(=O)C(=O)C(=C(O)c2ccc(Cl)cc2)[C@@H]1c1ccc(C)cc1. The van der Waals surface area contributed by atoms with E-state index in [4.69, 9.17) is 11.6 Å². The lowest BCUT2D eigenvalue weighted by molar-refractivity contribution is -0.895. The summed E-state index contributed by atoms with van der Waals surface area (Å²) < 4.78 is 0. The second-order valence-corrected chi connectivity index (χ2v) is 8.05. The van der Waals surface area contributed by atoms with Crippen molar-refractivity contribution in [2.24, 2.45) is 0 Å². The van der Waals surface area contributed by atoms with Crippen LogP contribution in [-0.2, 0) is 9.59 Å². The van der Waals surface area contributed by atoms with Gasteiger partial charge in [-0.3, -0.25) is 9.59 Å². The van der Waals surface area contributed by atoms with Gasteiger partial charge in [0.1, 0.15) is 5.76 Å². The smallest absolute Gasteiger partial charge is 0.295 e. The van der Waals surface area contributed by atoms with Crippen LogP contribution in [0.25, 0.3) is 5.76 Å². The number of carbonyl (C=O) groups is 2. The van der Waals surface area contributed by atoms with Crippen LogP contribution in [0.3, 0.4) is 0 Å². The number of nitrogens with zero attached hydrogens (tertiary/aromatic N) is 1. The predicted molar refractivity (Wildman–Crippen MR) is 119 cm³/mol. The molecule has 0 bridgehead atoms. The number of amides is 1. The first-order valence-corrected chi connectivity index (χ1v) is 10.7. The predicted octanol–water partition coefficient (Wildman–Crippen LogP) is 2.99. The summed E-state index contributed by atoms with van der Waals surface area (Å²) in [6, 6.07) is 13.7. The van der Waals surface area contributed by atoms with Crippen molar-refractivity contribution in [3.63, 3.8) is 0 Å². The summed E-state index contributed by atoms with van der Waals surface area (Å²) in [7, 11) is 0. The highest BCUT2D eigenvalue weighted by molar-refractivity contribution is 6.46. The third-order valence-corrected chi connectivity index (χ3v) is 6.01. The van der Waals surface area contributed by atoms with Crippen LogP contribution < -0.4 is 4.90 Å². The molecule has 1 aliphatic rings. The number of carbonyl (C=O) groups excluding carboxylic acids is 2. The number of nitrogens with one attached hydrogen (secondary N) is 1. The van der Waals surface area contributed by atoms with Gasteiger partial charge in [0.15, 0.2) is 0 Å².